The van der Waals surface area contributed by atoms with Crippen molar-refractivity contribution in [2.45, 2.75) is 13.0 Å². The highest BCUT2D eigenvalue weighted by atomic mass is 32.1. The van der Waals surface area contributed by atoms with Crippen molar-refractivity contribution >= 4 is 28.2 Å². The molecule has 144 valence electrons. The molecule has 0 atom stereocenters. The molecule has 3 aromatic rings. The molecule has 0 spiro atoms. The zero-order valence-corrected chi connectivity index (χ0v) is 15.6. The van der Waals surface area contributed by atoms with Gasteiger partial charge in [0, 0.05) is 16.5 Å². The maximum atomic E-state index is 14.4. The molecule has 2 aromatic carbocycles. The van der Waals surface area contributed by atoms with Crippen LogP contribution in [0.1, 0.15) is 34.6 Å². The van der Waals surface area contributed by atoms with Crippen LogP contribution in [0.3, 0.4) is 0 Å². The van der Waals surface area contributed by atoms with E-state index >= 15 is 0 Å². The van der Waals surface area contributed by atoms with Gasteiger partial charge in [0.15, 0.2) is 5.13 Å². The molecule has 1 aromatic heterocycles. The second kappa shape index (κ2) is 8.71. The summed E-state index contributed by atoms with van der Waals surface area (Å²) in [6, 6.07) is 11.1. The van der Waals surface area contributed by atoms with E-state index in [0.717, 1.165) is 11.3 Å². The number of carbonyl (C=O) groups excluding carboxylic acids is 2. The molecule has 8 heteroatoms. The summed E-state index contributed by atoms with van der Waals surface area (Å²) in [7, 11) is 0. The van der Waals surface area contributed by atoms with Crippen LogP contribution in [0.2, 0.25) is 0 Å². The Kier molecular flexibility index (Phi) is 6.10. The summed E-state index contributed by atoms with van der Waals surface area (Å²) >= 11 is 1.05. The molecular formula is C20H16F2N2O3S. The molecule has 0 unspecified atom stereocenters. The maximum absolute atomic E-state index is 14.4. The Morgan fingerprint density at radius 2 is 1.64 bits per heavy atom. The summed E-state index contributed by atoms with van der Waals surface area (Å²) in [4.78, 5) is 27.7. The highest BCUT2D eigenvalue weighted by Crippen LogP contribution is 2.31. The molecule has 0 aliphatic carbocycles. The minimum Gasteiger partial charge on any atom is -0.460 e. The number of ketones is 1. The minimum atomic E-state index is -1.00. The highest BCUT2D eigenvalue weighted by Gasteiger charge is 2.24. The first kappa shape index (κ1) is 19.6. The number of hydrogen-bond acceptors (Lipinski definition) is 6. The van der Waals surface area contributed by atoms with Gasteiger partial charge in [0.2, 0.25) is 0 Å². The number of carbonyl (C=O) groups is 2. The third kappa shape index (κ3) is 4.23. The van der Waals surface area contributed by atoms with Gasteiger partial charge in [0.05, 0.1) is 12.6 Å². The Bertz CT molecular complexity index is 961. The van der Waals surface area contributed by atoms with Gasteiger partial charge in [-0.2, -0.15) is 0 Å². The van der Waals surface area contributed by atoms with E-state index in [1.165, 1.54) is 41.8 Å². The van der Waals surface area contributed by atoms with Crippen molar-refractivity contribution in [1.29, 1.82) is 0 Å². The predicted molar refractivity (Wildman–Crippen MR) is 101 cm³/mol. The van der Waals surface area contributed by atoms with Crippen molar-refractivity contribution in [3.8, 4) is 0 Å². The standard InChI is InChI=1S/C20H16F2N2O3S/c1-2-27-19(26)18(25)16-11-28-20(23-16)24-17(12-7-3-5-9-14(12)21)13-8-4-6-10-15(13)22/h3-11,17H,2H2,1H3,(H,23,24). The molecule has 3 rings (SSSR count). The summed E-state index contributed by atoms with van der Waals surface area (Å²) in [6.45, 7) is 1.66. The number of hydrogen-bond donors (Lipinski definition) is 1. The Labute approximate surface area is 164 Å². The van der Waals surface area contributed by atoms with Gasteiger partial charge in [0.1, 0.15) is 17.3 Å². The molecule has 28 heavy (non-hydrogen) atoms. The number of nitrogens with one attached hydrogen (secondary N) is 1. The third-order valence-electron chi connectivity index (χ3n) is 3.90. The van der Waals surface area contributed by atoms with E-state index < -0.39 is 29.4 Å². The van der Waals surface area contributed by atoms with E-state index in [2.05, 4.69) is 15.0 Å². The van der Waals surface area contributed by atoms with Crippen molar-refractivity contribution in [3.63, 3.8) is 0 Å². The van der Waals surface area contributed by atoms with Gasteiger partial charge in [-0.3, -0.25) is 4.79 Å². The Morgan fingerprint density at radius 1 is 1.07 bits per heavy atom. The zero-order valence-electron chi connectivity index (χ0n) is 14.8. The number of esters is 1. The van der Waals surface area contributed by atoms with E-state index in [0.29, 0.717) is 0 Å². The van der Waals surface area contributed by atoms with Crippen molar-refractivity contribution in [2.75, 3.05) is 11.9 Å². The first-order chi connectivity index (χ1) is 13.5. The van der Waals surface area contributed by atoms with Crippen molar-refractivity contribution < 1.29 is 23.1 Å². The second-order valence-electron chi connectivity index (χ2n) is 5.71. The molecule has 0 aliphatic rings. The van der Waals surface area contributed by atoms with Gasteiger partial charge in [-0.1, -0.05) is 36.4 Å². The number of rotatable bonds is 7. The number of anilines is 1. The van der Waals surface area contributed by atoms with Crippen LogP contribution in [0.4, 0.5) is 13.9 Å². The fourth-order valence-corrected chi connectivity index (χ4v) is 3.33. The van der Waals surface area contributed by atoms with E-state index in [1.807, 2.05) is 0 Å². The molecule has 1 heterocycles. The van der Waals surface area contributed by atoms with E-state index in [1.54, 1.807) is 19.1 Å². The topological polar surface area (TPSA) is 68.3 Å². The highest BCUT2D eigenvalue weighted by molar-refractivity contribution is 7.14. The van der Waals surface area contributed by atoms with Gasteiger partial charge in [-0.25, -0.2) is 18.6 Å². The molecule has 0 fully saturated rings. The van der Waals surface area contributed by atoms with Crippen LogP contribution in [-0.4, -0.2) is 23.3 Å². The van der Waals surface area contributed by atoms with Crippen LogP contribution >= 0.6 is 11.3 Å². The lowest BCUT2D eigenvalue weighted by Gasteiger charge is -2.20. The largest absolute Gasteiger partial charge is 0.460 e. The van der Waals surface area contributed by atoms with E-state index in [-0.39, 0.29) is 28.6 Å². The van der Waals surface area contributed by atoms with E-state index in [4.69, 9.17) is 0 Å². The average molecular weight is 402 g/mol. The van der Waals surface area contributed by atoms with Crippen LogP contribution in [-0.2, 0) is 9.53 Å². The van der Waals surface area contributed by atoms with Crippen LogP contribution in [0.5, 0.6) is 0 Å². The lowest BCUT2D eigenvalue weighted by Crippen LogP contribution is -2.18. The number of nitrogens with zero attached hydrogens (tertiary/aromatic N) is 1. The number of thiazole rings is 1. The number of ether oxygens (including phenoxy) is 1. The maximum Gasteiger partial charge on any atom is 0.381 e. The van der Waals surface area contributed by atoms with Gasteiger partial charge < -0.3 is 10.1 Å². The SMILES string of the molecule is CCOC(=O)C(=O)c1csc(NC(c2ccccc2F)c2ccccc2F)n1. The summed E-state index contributed by atoms with van der Waals surface area (Å²) in [5, 5.41) is 4.59. The summed E-state index contributed by atoms with van der Waals surface area (Å²) < 4.78 is 33.5. The molecular weight excluding hydrogens is 386 g/mol. The van der Waals surface area contributed by atoms with Crippen molar-refractivity contribution in [3.05, 3.63) is 82.4 Å². The molecule has 0 aliphatic heterocycles. The van der Waals surface area contributed by atoms with Gasteiger partial charge in [0.25, 0.3) is 5.78 Å². The predicted octanol–water partition coefficient (Wildman–Crippen LogP) is 4.37. The van der Waals surface area contributed by atoms with Crippen LogP contribution in [0.25, 0.3) is 0 Å². The molecule has 1 N–H and O–H groups in total. The summed E-state index contributed by atoms with van der Waals surface area (Å²) in [5.74, 6) is -2.90. The lowest BCUT2D eigenvalue weighted by atomic mass is 9.98. The molecule has 0 saturated heterocycles. The lowest BCUT2D eigenvalue weighted by molar-refractivity contribution is -0.137. The van der Waals surface area contributed by atoms with Crippen LogP contribution < -0.4 is 5.32 Å². The third-order valence-corrected chi connectivity index (χ3v) is 4.67. The molecule has 5 nitrogen and oxygen atoms in total. The second-order valence-corrected chi connectivity index (χ2v) is 6.57. The van der Waals surface area contributed by atoms with Gasteiger partial charge in [-0.15, -0.1) is 11.3 Å². The number of benzene rings is 2. The Morgan fingerprint density at radius 3 is 2.18 bits per heavy atom. The quantitative estimate of drug-likeness (QED) is 0.361. The summed E-state index contributed by atoms with van der Waals surface area (Å²) in [5.41, 5.74) is 0.355. The fourth-order valence-electron chi connectivity index (χ4n) is 2.61. The van der Waals surface area contributed by atoms with Crippen molar-refractivity contribution in [2.24, 2.45) is 0 Å². The monoisotopic (exact) mass is 402 g/mol. The van der Waals surface area contributed by atoms with Crippen LogP contribution in [0, 0.1) is 11.6 Å². The number of Topliss-reactive ketones (excluding diaryl/α,β-unsaturated/α-hetero) is 1. The fraction of sp³-hybridized carbons (Fsp3) is 0.150. The molecule has 0 saturated carbocycles. The minimum absolute atomic E-state index is 0.0719. The Balaban J connectivity index is 1.94. The first-order valence-electron chi connectivity index (χ1n) is 8.43. The number of halogens is 2. The van der Waals surface area contributed by atoms with Gasteiger partial charge >= 0.3 is 5.97 Å². The van der Waals surface area contributed by atoms with Crippen molar-refractivity contribution in [1.82, 2.24) is 4.98 Å². The normalized spacial score (nSPS) is 10.7. The van der Waals surface area contributed by atoms with E-state index in [9.17, 15) is 18.4 Å². The Hall–Kier alpha value is -3.13. The number of aromatic nitrogens is 1. The van der Waals surface area contributed by atoms with Gasteiger partial charge in [-0.05, 0) is 19.1 Å². The zero-order chi connectivity index (χ0) is 20.1. The van der Waals surface area contributed by atoms with Crippen LogP contribution in [0.15, 0.2) is 53.9 Å². The molecule has 0 amide bonds. The average Bonchev–Trinajstić information content (AvgIpc) is 3.15. The molecule has 0 radical (unpaired) electrons. The molecule has 0 bridgehead atoms. The smallest absolute Gasteiger partial charge is 0.381 e. The summed E-state index contributed by atoms with van der Waals surface area (Å²) in [6.07, 6.45) is 0. The first-order valence-corrected chi connectivity index (χ1v) is 9.31.